The number of nitrogen functional groups attached to an aromatic ring is 1. The minimum absolute atomic E-state index is 0.196. The maximum Gasteiger partial charge on any atom is 0.308 e. The summed E-state index contributed by atoms with van der Waals surface area (Å²) in [6.45, 7) is 11.7. The fraction of sp³-hybridized carbons (Fsp3) is 0.625. The van der Waals surface area contributed by atoms with Gasteiger partial charge in [0, 0.05) is 0 Å². The topological polar surface area (TPSA) is 144 Å². The average molecular weight is 491 g/mol. The molecule has 0 saturated carbocycles. The maximum absolute atomic E-state index is 12.7. The summed E-state index contributed by atoms with van der Waals surface area (Å²) in [6, 6.07) is 3.46. The number of anilines is 1. The van der Waals surface area contributed by atoms with E-state index in [2.05, 4.69) is 10.1 Å². The number of carbonyl (C=O) groups is 3. The van der Waals surface area contributed by atoms with Gasteiger partial charge < -0.3 is 24.7 Å². The molecule has 3 rings (SSSR count). The van der Waals surface area contributed by atoms with Gasteiger partial charge in [0.05, 0.1) is 23.4 Å². The molecule has 192 valence electrons. The van der Waals surface area contributed by atoms with E-state index in [0.717, 1.165) is 0 Å². The van der Waals surface area contributed by atoms with Crippen molar-refractivity contribution in [2.24, 2.45) is 17.8 Å². The highest BCUT2D eigenvalue weighted by atomic mass is 16.7. The highest BCUT2D eigenvalue weighted by molar-refractivity contribution is 5.73. The molecule has 1 aliphatic heterocycles. The molecule has 1 aliphatic rings. The second-order valence-corrected chi connectivity index (χ2v) is 9.78. The van der Waals surface area contributed by atoms with Crippen LogP contribution in [0.3, 0.4) is 0 Å². The number of hydrogen-bond donors (Lipinski definition) is 1. The third kappa shape index (κ3) is 5.24. The third-order valence-corrected chi connectivity index (χ3v) is 5.89. The Hall–Kier alpha value is -3.21. The minimum atomic E-state index is -1.32. The molecular weight excluding hydrogens is 456 g/mol. The molecule has 2 N–H and O–H groups in total. The highest BCUT2D eigenvalue weighted by Crippen LogP contribution is 2.44. The van der Waals surface area contributed by atoms with Gasteiger partial charge in [0.15, 0.2) is 18.0 Å². The Balaban J connectivity index is 2.10. The van der Waals surface area contributed by atoms with Gasteiger partial charge in [-0.15, -0.1) is 0 Å². The summed E-state index contributed by atoms with van der Waals surface area (Å²) in [7, 11) is 0. The Morgan fingerprint density at radius 2 is 1.63 bits per heavy atom. The fourth-order valence-electron chi connectivity index (χ4n) is 3.80. The average Bonchev–Trinajstić information content (AvgIpc) is 3.33. The van der Waals surface area contributed by atoms with Crippen LogP contribution in [0.5, 0.6) is 0 Å². The molecule has 0 amide bonds. The molecule has 3 heterocycles. The number of esters is 3. The van der Waals surface area contributed by atoms with E-state index in [1.54, 1.807) is 65.1 Å². The molecule has 35 heavy (non-hydrogen) atoms. The lowest BCUT2D eigenvalue weighted by Gasteiger charge is -2.31. The van der Waals surface area contributed by atoms with Crippen LogP contribution >= 0.6 is 0 Å². The molecular formula is C24H34N4O7. The van der Waals surface area contributed by atoms with Crippen LogP contribution in [-0.2, 0) is 38.9 Å². The zero-order valence-electron chi connectivity index (χ0n) is 21.2. The van der Waals surface area contributed by atoms with Crippen LogP contribution in [0.25, 0.3) is 5.52 Å². The number of ether oxygens (including phenoxy) is 4. The zero-order chi connectivity index (χ0) is 26.1. The Kier molecular flexibility index (Phi) is 7.68. The fourth-order valence-corrected chi connectivity index (χ4v) is 3.80. The van der Waals surface area contributed by atoms with Crippen molar-refractivity contribution < 1.29 is 33.3 Å². The summed E-state index contributed by atoms with van der Waals surface area (Å²) in [4.78, 5) is 41.6. The predicted molar refractivity (Wildman–Crippen MR) is 125 cm³/mol. The molecule has 1 fully saturated rings. The molecule has 11 heteroatoms. The first-order chi connectivity index (χ1) is 16.4. The number of carbonyl (C=O) groups excluding carboxylic acids is 3. The largest absolute Gasteiger partial charge is 0.463 e. The van der Waals surface area contributed by atoms with E-state index in [0.29, 0.717) is 11.2 Å². The van der Waals surface area contributed by atoms with E-state index >= 15 is 0 Å². The van der Waals surface area contributed by atoms with Crippen LogP contribution in [0, 0.1) is 17.8 Å². The predicted octanol–water partition coefficient (Wildman–Crippen LogP) is 2.26. The molecule has 1 saturated heterocycles. The summed E-state index contributed by atoms with van der Waals surface area (Å²) < 4.78 is 25.1. The van der Waals surface area contributed by atoms with E-state index < -0.39 is 53.7 Å². The van der Waals surface area contributed by atoms with Crippen molar-refractivity contribution >= 4 is 29.2 Å². The number of nitrogens with two attached hydrogens (primary N) is 1. The van der Waals surface area contributed by atoms with Crippen molar-refractivity contribution in [2.45, 2.75) is 72.4 Å². The second kappa shape index (κ2) is 10.2. The van der Waals surface area contributed by atoms with Gasteiger partial charge in [0.25, 0.3) is 0 Å². The molecule has 2 aromatic heterocycles. The first-order valence-electron chi connectivity index (χ1n) is 11.7. The van der Waals surface area contributed by atoms with Gasteiger partial charge in [-0.3, -0.25) is 14.4 Å². The van der Waals surface area contributed by atoms with Crippen molar-refractivity contribution in [2.75, 3.05) is 12.3 Å². The van der Waals surface area contributed by atoms with Crippen LogP contribution in [0.15, 0.2) is 18.5 Å². The SMILES string of the molecule is CC(C)C(=O)OC[C@H]1O[C@@](C)(c2ccc3c(N)ncnn23)[C@H](OC(=O)C(C)C)[C@@H]1OC(=O)C(C)C. The summed E-state index contributed by atoms with van der Waals surface area (Å²) >= 11 is 0. The van der Waals surface area contributed by atoms with Crippen LogP contribution in [-0.4, -0.2) is 57.4 Å². The number of rotatable bonds is 8. The van der Waals surface area contributed by atoms with Gasteiger partial charge >= 0.3 is 17.9 Å². The molecule has 4 atom stereocenters. The summed E-state index contributed by atoms with van der Waals surface area (Å²) in [5, 5.41) is 4.29. The Labute approximate surface area is 204 Å². The lowest BCUT2D eigenvalue weighted by Crippen LogP contribution is -2.46. The van der Waals surface area contributed by atoms with Crippen molar-refractivity contribution in [1.29, 1.82) is 0 Å². The van der Waals surface area contributed by atoms with Crippen molar-refractivity contribution in [3.63, 3.8) is 0 Å². The van der Waals surface area contributed by atoms with Crippen LogP contribution in [0.1, 0.15) is 54.2 Å². The highest BCUT2D eigenvalue weighted by Gasteiger charge is 2.59. The first-order valence-corrected chi connectivity index (χ1v) is 11.7. The number of hydrogen-bond acceptors (Lipinski definition) is 10. The van der Waals surface area contributed by atoms with Gasteiger partial charge in [0.2, 0.25) is 0 Å². The van der Waals surface area contributed by atoms with Crippen LogP contribution in [0.4, 0.5) is 5.82 Å². The molecule has 11 nitrogen and oxygen atoms in total. The van der Waals surface area contributed by atoms with Crippen LogP contribution < -0.4 is 5.73 Å². The molecule has 0 aromatic carbocycles. The standard InChI is InChI=1S/C24H34N4O7/c1-12(2)21(29)32-10-16-18(33-22(30)13(3)4)19(34-23(31)14(5)6)24(7,35-16)17-9-8-15-20(25)26-11-27-28(15)17/h8-9,11-14,16,18-19H,10H2,1-7H3,(H2,25,26,27)/t16-,18-,19-,24+/m1/s1. The molecule has 0 unspecified atom stereocenters. The Morgan fingerprint density at radius 1 is 1.03 bits per heavy atom. The van der Waals surface area contributed by atoms with Gasteiger partial charge in [-0.05, 0) is 19.1 Å². The van der Waals surface area contributed by atoms with E-state index in [-0.39, 0.29) is 18.3 Å². The number of aromatic nitrogens is 3. The van der Waals surface area contributed by atoms with Gasteiger partial charge in [-0.25, -0.2) is 9.50 Å². The van der Waals surface area contributed by atoms with Crippen LogP contribution in [0.2, 0.25) is 0 Å². The summed E-state index contributed by atoms with van der Waals surface area (Å²) in [5.74, 6) is -2.41. The molecule has 0 aliphatic carbocycles. The van der Waals surface area contributed by atoms with E-state index in [9.17, 15) is 14.4 Å². The Morgan fingerprint density at radius 3 is 2.23 bits per heavy atom. The number of nitrogens with zero attached hydrogens (tertiary/aromatic N) is 3. The summed E-state index contributed by atoms with van der Waals surface area (Å²) in [6.07, 6.45) is -1.70. The first kappa shape index (κ1) is 26.4. The monoisotopic (exact) mass is 490 g/mol. The lowest BCUT2D eigenvalue weighted by molar-refractivity contribution is -0.175. The van der Waals surface area contributed by atoms with E-state index in [1.165, 1.54) is 6.33 Å². The quantitative estimate of drug-likeness (QED) is 0.432. The second-order valence-electron chi connectivity index (χ2n) is 9.78. The smallest absolute Gasteiger partial charge is 0.308 e. The van der Waals surface area contributed by atoms with Crippen molar-refractivity contribution in [3.05, 3.63) is 24.2 Å². The number of fused-ring (bicyclic) bond motifs is 1. The normalized spacial score (nSPS) is 24.3. The molecule has 0 radical (unpaired) electrons. The zero-order valence-corrected chi connectivity index (χ0v) is 21.2. The Bertz CT molecular complexity index is 1100. The van der Waals surface area contributed by atoms with Gasteiger partial charge in [0.1, 0.15) is 30.2 Å². The summed E-state index contributed by atoms with van der Waals surface area (Å²) in [5.41, 5.74) is 5.72. The third-order valence-electron chi connectivity index (χ3n) is 5.89. The molecule has 2 aromatic rings. The minimum Gasteiger partial charge on any atom is -0.463 e. The van der Waals surface area contributed by atoms with E-state index in [4.69, 9.17) is 24.7 Å². The van der Waals surface area contributed by atoms with Crippen molar-refractivity contribution in [3.8, 4) is 0 Å². The maximum atomic E-state index is 12.7. The lowest BCUT2D eigenvalue weighted by atomic mass is 9.92. The molecule has 0 bridgehead atoms. The van der Waals surface area contributed by atoms with Crippen molar-refractivity contribution in [1.82, 2.24) is 14.6 Å². The molecule has 0 spiro atoms. The van der Waals surface area contributed by atoms with Gasteiger partial charge in [-0.2, -0.15) is 5.10 Å². The van der Waals surface area contributed by atoms with Gasteiger partial charge in [-0.1, -0.05) is 41.5 Å². The van der Waals surface area contributed by atoms with E-state index in [1.807, 2.05) is 0 Å².